The molecule has 0 bridgehead atoms. The summed E-state index contributed by atoms with van der Waals surface area (Å²) in [5.41, 5.74) is 18.3. The largest absolute Gasteiger partial charge is 0.496 e. The number of ether oxygens (including phenoxy) is 1. The van der Waals surface area contributed by atoms with E-state index in [-0.39, 0.29) is 39.5 Å². The van der Waals surface area contributed by atoms with Crippen LogP contribution < -0.4 is 37.9 Å². The maximum absolute atomic E-state index is 13.0. The van der Waals surface area contributed by atoms with Crippen molar-refractivity contribution < 1.29 is 58.6 Å². The van der Waals surface area contributed by atoms with Crippen molar-refractivity contribution in [1.29, 1.82) is 0 Å². The molecule has 0 saturated carbocycles. The second kappa shape index (κ2) is 20.4. The first-order chi connectivity index (χ1) is 29.8. The van der Waals surface area contributed by atoms with Gasteiger partial charge in [0.1, 0.15) is 5.75 Å². The number of nitrogens with two attached hydrogens (primary N) is 3. The maximum Gasteiger partial charge on any atom is 0.420 e. The van der Waals surface area contributed by atoms with E-state index in [0.29, 0.717) is 17.1 Å². The smallest absolute Gasteiger partial charge is 0.420 e. The van der Waals surface area contributed by atoms with E-state index in [1.54, 1.807) is 50.2 Å². The third kappa shape index (κ3) is 13.9. The predicted octanol–water partition coefficient (Wildman–Crippen LogP) is 11.2. The number of alkyl halides is 9. The van der Waals surface area contributed by atoms with E-state index in [1.807, 2.05) is 0 Å². The van der Waals surface area contributed by atoms with Crippen LogP contribution in [0.15, 0.2) is 127 Å². The summed E-state index contributed by atoms with van der Waals surface area (Å²) < 4.78 is 119. The fraction of sp³-hybridized carbons (Fsp3) is 0.133. The normalized spacial score (nSPS) is 11.2. The molecule has 10 nitrogen and oxygen atoms in total. The molecule has 19 heteroatoms. The Kier molecular flexibility index (Phi) is 15.6. The Balaban J connectivity index is 0.000000211. The summed E-state index contributed by atoms with van der Waals surface area (Å²) in [6.07, 6.45) is -13.5. The molecular formula is C45H39F9N6O4. The molecule has 6 rings (SSSR count). The highest BCUT2D eigenvalue weighted by Crippen LogP contribution is 2.38. The predicted molar refractivity (Wildman–Crippen MR) is 227 cm³/mol. The second-order valence-electron chi connectivity index (χ2n) is 13.7. The zero-order valence-electron chi connectivity index (χ0n) is 33.9. The van der Waals surface area contributed by atoms with Crippen molar-refractivity contribution in [1.82, 2.24) is 0 Å². The van der Waals surface area contributed by atoms with Gasteiger partial charge in [-0.3, -0.25) is 14.4 Å². The van der Waals surface area contributed by atoms with Crippen molar-refractivity contribution in [2.24, 2.45) is 0 Å². The number of rotatable bonds is 7. The van der Waals surface area contributed by atoms with Crippen LogP contribution in [0.1, 0.15) is 58.9 Å². The van der Waals surface area contributed by atoms with E-state index in [0.717, 1.165) is 54.6 Å². The molecule has 0 unspecified atom stereocenters. The first-order valence-corrected chi connectivity index (χ1v) is 18.5. The zero-order chi connectivity index (χ0) is 47.6. The Bertz CT molecular complexity index is 2630. The molecule has 3 amide bonds. The minimum Gasteiger partial charge on any atom is -0.496 e. The van der Waals surface area contributed by atoms with Gasteiger partial charge in [0, 0.05) is 50.8 Å². The number of carbonyl (C=O) groups is 3. The van der Waals surface area contributed by atoms with Gasteiger partial charge in [-0.25, -0.2) is 0 Å². The Labute approximate surface area is 360 Å². The molecule has 0 fully saturated rings. The monoisotopic (exact) mass is 898 g/mol. The van der Waals surface area contributed by atoms with Crippen LogP contribution in [0.2, 0.25) is 0 Å². The standard InChI is InChI=1S/C16H15F3N2O2.C15H13F3N2O.C14H11F3N2O/c1-9-3-4-10(7-13(9)20)15(22)21-11-5-6-14(23-2)12(8-11)16(17,18)19;1-9-5-6-10(7-13(9)19)14(21)20-12-4-2-3-11(8-12)15(16,17)18;15-14(16,17)10-4-2-6-12(8-10)19-13(20)9-3-1-5-11(18)7-9/h3-8H,20H2,1-2H3,(H,21,22);2-8H,19H2,1H3,(H,20,21);1-8H,18H2,(H,19,20). The van der Waals surface area contributed by atoms with Crippen LogP contribution in [0.4, 0.5) is 73.6 Å². The number of halogens is 9. The van der Waals surface area contributed by atoms with Gasteiger partial charge in [0.25, 0.3) is 17.7 Å². The van der Waals surface area contributed by atoms with E-state index in [9.17, 15) is 53.9 Å². The van der Waals surface area contributed by atoms with Crippen molar-refractivity contribution in [2.75, 3.05) is 40.3 Å². The van der Waals surface area contributed by atoms with E-state index >= 15 is 0 Å². The molecule has 0 atom stereocenters. The number of amides is 3. The first-order valence-electron chi connectivity index (χ1n) is 18.5. The Morgan fingerprint density at radius 2 is 0.875 bits per heavy atom. The molecule has 0 aliphatic carbocycles. The van der Waals surface area contributed by atoms with E-state index < -0.39 is 52.9 Å². The van der Waals surface area contributed by atoms with Crippen LogP contribution >= 0.6 is 0 Å². The quantitative estimate of drug-likeness (QED) is 0.0683. The van der Waals surface area contributed by atoms with Gasteiger partial charge < -0.3 is 37.9 Å². The lowest BCUT2D eigenvalue weighted by Gasteiger charge is -2.14. The minimum absolute atomic E-state index is 0.0160. The van der Waals surface area contributed by atoms with Crippen molar-refractivity contribution >= 4 is 51.8 Å². The van der Waals surface area contributed by atoms with Crippen LogP contribution in [0, 0.1) is 13.8 Å². The average Bonchev–Trinajstić information content (AvgIpc) is 3.22. The number of nitrogens with one attached hydrogen (secondary N) is 3. The minimum atomic E-state index is -4.58. The zero-order valence-corrected chi connectivity index (χ0v) is 33.9. The number of methoxy groups -OCH3 is 1. The molecule has 0 heterocycles. The third-order valence-corrected chi connectivity index (χ3v) is 8.89. The fourth-order valence-electron chi connectivity index (χ4n) is 5.41. The number of benzene rings is 6. The number of nitrogen functional groups attached to an aromatic ring is 3. The Morgan fingerprint density at radius 3 is 1.25 bits per heavy atom. The van der Waals surface area contributed by atoms with Crippen molar-refractivity contribution in [3.63, 3.8) is 0 Å². The summed E-state index contributed by atoms with van der Waals surface area (Å²) in [7, 11) is 1.15. The van der Waals surface area contributed by atoms with E-state index in [1.165, 1.54) is 54.6 Å². The maximum atomic E-state index is 13.0. The Hall–Kier alpha value is -7.70. The van der Waals surface area contributed by atoms with Gasteiger partial charge in [0.15, 0.2) is 0 Å². The van der Waals surface area contributed by atoms with Crippen molar-refractivity contribution in [2.45, 2.75) is 32.4 Å². The summed E-state index contributed by atoms with van der Waals surface area (Å²) in [4.78, 5) is 36.0. The van der Waals surface area contributed by atoms with Crippen LogP contribution in [-0.2, 0) is 18.5 Å². The summed E-state index contributed by atoms with van der Waals surface area (Å²) in [5, 5.41) is 7.24. The van der Waals surface area contributed by atoms with E-state index in [4.69, 9.17) is 21.9 Å². The molecule has 0 spiro atoms. The lowest BCUT2D eigenvalue weighted by molar-refractivity contribution is -0.139. The molecule has 0 aliphatic rings. The molecular weight excluding hydrogens is 860 g/mol. The molecule has 6 aromatic carbocycles. The highest BCUT2D eigenvalue weighted by atomic mass is 19.4. The molecule has 0 saturated heterocycles. The highest BCUT2D eigenvalue weighted by Gasteiger charge is 2.35. The van der Waals surface area contributed by atoms with Gasteiger partial charge in [-0.15, -0.1) is 0 Å². The molecule has 64 heavy (non-hydrogen) atoms. The lowest BCUT2D eigenvalue weighted by Crippen LogP contribution is -2.14. The lowest BCUT2D eigenvalue weighted by atomic mass is 10.1. The summed E-state index contributed by atoms with van der Waals surface area (Å²) in [6, 6.07) is 27.8. The molecule has 336 valence electrons. The number of aryl methyl sites for hydroxylation is 2. The number of hydrogen-bond donors (Lipinski definition) is 6. The van der Waals surface area contributed by atoms with Gasteiger partial charge in [-0.1, -0.05) is 30.3 Å². The van der Waals surface area contributed by atoms with Crippen molar-refractivity contribution in [3.8, 4) is 5.75 Å². The summed E-state index contributed by atoms with van der Waals surface area (Å²) in [5.74, 6) is -1.89. The fourth-order valence-corrected chi connectivity index (χ4v) is 5.41. The second-order valence-corrected chi connectivity index (χ2v) is 13.7. The average molecular weight is 899 g/mol. The summed E-state index contributed by atoms with van der Waals surface area (Å²) in [6.45, 7) is 3.58. The first kappa shape index (κ1) is 49.0. The SMILES string of the molecule is COc1ccc(NC(=O)c2ccc(C)c(N)c2)cc1C(F)(F)F.Cc1ccc(C(=O)Nc2cccc(C(F)(F)F)c2)cc1N.Nc1cccc(C(=O)Nc2cccc(C(F)(F)F)c2)c1. The van der Waals surface area contributed by atoms with Crippen LogP contribution in [0.25, 0.3) is 0 Å². The van der Waals surface area contributed by atoms with Gasteiger partial charge in [-0.05, 0) is 122 Å². The summed E-state index contributed by atoms with van der Waals surface area (Å²) >= 11 is 0. The third-order valence-electron chi connectivity index (χ3n) is 8.89. The number of carbonyl (C=O) groups excluding carboxylic acids is 3. The van der Waals surface area contributed by atoms with E-state index in [2.05, 4.69) is 16.0 Å². The molecule has 0 aliphatic heterocycles. The van der Waals surface area contributed by atoms with Crippen molar-refractivity contribution in [3.05, 3.63) is 172 Å². The molecule has 0 aromatic heterocycles. The topological polar surface area (TPSA) is 175 Å². The molecule has 0 radical (unpaired) electrons. The van der Waals surface area contributed by atoms with Gasteiger partial charge >= 0.3 is 18.5 Å². The highest BCUT2D eigenvalue weighted by molar-refractivity contribution is 6.06. The molecule has 9 N–H and O–H groups in total. The van der Waals surface area contributed by atoms with Crippen LogP contribution in [0.3, 0.4) is 0 Å². The van der Waals surface area contributed by atoms with Gasteiger partial charge in [-0.2, -0.15) is 39.5 Å². The van der Waals surface area contributed by atoms with Gasteiger partial charge in [0.05, 0.1) is 23.8 Å². The number of hydrogen-bond acceptors (Lipinski definition) is 7. The Morgan fingerprint density at radius 1 is 0.469 bits per heavy atom. The van der Waals surface area contributed by atoms with Crippen LogP contribution in [-0.4, -0.2) is 24.8 Å². The number of anilines is 6. The van der Waals surface area contributed by atoms with Gasteiger partial charge in [0.2, 0.25) is 0 Å². The van der Waals surface area contributed by atoms with Crippen LogP contribution in [0.5, 0.6) is 5.75 Å². The molecule has 6 aromatic rings.